The quantitative estimate of drug-likeness (QED) is 0.508. The van der Waals surface area contributed by atoms with Gasteiger partial charge in [-0.3, -0.25) is 4.79 Å². The highest BCUT2D eigenvalue weighted by atomic mass is 35.5. The van der Waals surface area contributed by atoms with Crippen molar-refractivity contribution in [3.8, 4) is 5.69 Å². The van der Waals surface area contributed by atoms with Gasteiger partial charge in [-0.2, -0.15) is 5.10 Å². The molecule has 0 spiro atoms. The molecule has 1 heterocycles. The van der Waals surface area contributed by atoms with E-state index >= 15 is 0 Å². The Hall–Kier alpha value is -1.52. The van der Waals surface area contributed by atoms with Gasteiger partial charge in [0.2, 0.25) is 5.91 Å². The molecule has 0 aliphatic heterocycles. The second-order valence-corrected chi connectivity index (χ2v) is 6.94. The highest BCUT2D eigenvalue weighted by molar-refractivity contribution is 6.31. The maximum atomic E-state index is 12.9. The number of nitrogens with one attached hydrogen (secondary N) is 1. The van der Waals surface area contributed by atoms with Gasteiger partial charge in [-0.25, -0.2) is 4.68 Å². The van der Waals surface area contributed by atoms with Crippen LogP contribution in [0.3, 0.4) is 0 Å². The molecule has 0 saturated heterocycles. The van der Waals surface area contributed by atoms with E-state index in [9.17, 15) is 4.79 Å². The number of amides is 1. The van der Waals surface area contributed by atoms with Gasteiger partial charge in [0.05, 0.1) is 11.4 Å². The monoisotopic (exact) mass is 367 g/mol. The maximum Gasteiger partial charge on any atom is 0.230 e. The van der Waals surface area contributed by atoms with E-state index in [0.717, 1.165) is 31.4 Å². The fourth-order valence-electron chi connectivity index (χ4n) is 2.55. The SMILES string of the molecule is CCC(C)(CCCCCl)C(=O)Nc1ccc(Cl)cc1-n1cccn1. The van der Waals surface area contributed by atoms with Gasteiger partial charge >= 0.3 is 0 Å². The first-order chi connectivity index (χ1) is 11.5. The van der Waals surface area contributed by atoms with Crippen molar-refractivity contribution >= 4 is 34.8 Å². The van der Waals surface area contributed by atoms with Crippen molar-refractivity contribution in [2.75, 3.05) is 11.2 Å². The molecule has 1 N–H and O–H groups in total. The lowest BCUT2D eigenvalue weighted by molar-refractivity contribution is -0.125. The van der Waals surface area contributed by atoms with Crippen molar-refractivity contribution in [3.05, 3.63) is 41.7 Å². The van der Waals surface area contributed by atoms with Gasteiger partial charge in [0.25, 0.3) is 0 Å². The van der Waals surface area contributed by atoms with E-state index in [4.69, 9.17) is 23.2 Å². The Morgan fingerprint density at radius 3 is 2.79 bits per heavy atom. The van der Waals surface area contributed by atoms with Gasteiger partial charge in [0.1, 0.15) is 0 Å². The Kier molecular flexibility index (Phi) is 6.69. The lowest BCUT2D eigenvalue weighted by Crippen LogP contribution is -2.33. The summed E-state index contributed by atoms with van der Waals surface area (Å²) >= 11 is 11.9. The van der Waals surface area contributed by atoms with Gasteiger partial charge in [0, 0.05) is 28.7 Å². The summed E-state index contributed by atoms with van der Waals surface area (Å²) in [5.74, 6) is 0.637. The molecular formula is C18H23Cl2N3O. The molecule has 1 atom stereocenters. The average molecular weight is 368 g/mol. The fourth-order valence-corrected chi connectivity index (χ4v) is 2.90. The van der Waals surface area contributed by atoms with Gasteiger partial charge in [0.15, 0.2) is 0 Å². The summed E-state index contributed by atoms with van der Waals surface area (Å²) in [6.45, 7) is 4.04. The van der Waals surface area contributed by atoms with E-state index < -0.39 is 5.41 Å². The molecule has 1 amide bonds. The number of rotatable bonds is 8. The van der Waals surface area contributed by atoms with E-state index in [1.165, 1.54) is 0 Å². The summed E-state index contributed by atoms with van der Waals surface area (Å²) in [4.78, 5) is 12.9. The third-order valence-electron chi connectivity index (χ3n) is 4.40. The number of hydrogen-bond donors (Lipinski definition) is 1. The number of nitrogens with zero attached hydrogens (tertiary/aromatic N) is 2. The van der Waals surface area contributed by atoms with Crippen molar-refractivity contribution in [2.45, 2.75) is 39.5 Å². The molecule has 0 aliphatic carbocycles. The summed E-state index contributed by atoms with van der Waals surface area (Å²) in [7, 11) is 0. The summed E-state index contributed by atoms with van der Waals surface area (Å²) in [6.07, 6.45) is 6.95. The molecule has 1 aromatic heterocycles. The van der Waals surface area contributed by atoms with E-state index in [0.29, 0.717) is 16.6 Å². The minimum absolute atomic E-state index is 0.00954. The van der Waals surface area contributed by atoms with Crippen molar-refractivity contribution < 1.29 is 4.79 Å². The van der Waals surface area contributed by atoms with Crippen LogP contribution in [0.25, 0.3) is 5.69 Å². The number of alkyl halides is 1. The minimum Gasteiger partial charge on any atom is -0.324 e. The second kappa shape index (κ2) is 8.54. The van der Waals surface area contributed by atoms with E-state index in [2.05, 4.69) is 10.4 Å². The van der Waals surface area contributed by atoms with Crippen LogP contribution in [-0.2, 0) is 4.79 Å². The van der Waals surface area contributed by atoms with Gasteiger partial charge in [-0.05, 0) is 43.5 Å². The second-order valence-electron chi connectivity index (χ2n) is 6.13. The van der Waals surface area contributed by atoms with Crippen molar-refractivity contribution in [1.29, 1.82) is 0 Å². The highest BCUT2D eigenvalue weighted by Crippen LogP contribution is 2.32. The average Bonchev–Trinajstić information content (AvgIpc) is 3.10. The highest BCUT2D eigenvalue weighted by Gasteiger charge is 2.31. The lowest BCUT2D eigenvalue weighted by Gasteiger charge is -2.27. The molecule has 0 radical (unpaired) electrons. The van der Waals surface area contributed by atoms with Crippen molar-refractivity contribution in [3.63, 3.8) is 0 Å². The normalized spacial score (nSPS) is 13.5. The van der Waals surface area contributed by atoms with E-state index in [1.54, 1.807) is 23.0 Å². The topological polar surface area (TPSA) is 46.9 Å². The minimum atomic E-state index is -0.424. The fraction of sp³-hybridized carbons (Fsp3) is 0.444. The van der Waals surface area contributed by atoms with Gasteiger partial charge < -0.3 is 5.32 Å². The van der Waals surface area contributed by atoms with Gasteiger partial charge in [-0.1, -0.05) is 31.9 Å². The summed E-state index contributed by atoms with van der Waals surface area (Å²) < 4.78 is 1.69. The first-order valence-corrected chi connectivity index (χ1v) is 9.08. The maximum absolute atomic E-state index is 12.9. The molecule has 1 aromatic carbocycles. The molecule has 6 heteroatoms. The third kappa shape index (κ3) is 4.52. The Bertz CT molecular complexity index is 673. The van der Waals surface area contributed by atoms with Crippen LogP contribution < -0.4 is 5.32 Å². The summed E-state index contributed by atoms with van der Waals surface area (Å²) in [6, 6.07) is 7.20. The third-order valence-corrected chi connectivity index (χ3v) is 4.90. The number of benzene rings is 1. The molecule has 0 fully saturated rings. The summed E-state index contributed by atoms with van der Waals surface area (Å²) in [5, 5.41) is 7.88. The molecular weight excluding hydrogens is 345 g/mol. The standard InChI is InChI=1S/C18H23Cl2N3O/c1-3-18(2,9-4-5-10-19)17(24)22-15-8-7-14(20)13-16(15)23-12-6-11-21-23/h6-8,11-13H,3-5,9-10H2,1-2H3,(H,22,24). The first kappa shape index (κ1) is 18.8. The van der Waals surface area contributed by atoms with Crippen LogP contribution in [0, 0.1) is 5.41 Å². The van der Waals surface area contributed by atoms with Crippen LogP contribution in [-0.4, -0.2) is 21.6 Å². The number of carbonyl (C=O) groups is 1. The molecule has 4 nitrogen and oxygen atoms in total. The molecule has 2 rings (SSSR count). The zero-order valence-electron chi connectivity index (χ0n) is 14.1. The molecule has 24 heavy (non-hydrogen) atoms. The van der Waals surface area contributed by atoms with Crippen LogP contribution in [0.15, 0.2) is 36.7 Å². The Balaban J connectivity index is 2.22. The molecule has 0 saturated carbocycles. The number of halogens is 2. The zero-order valence-corrected chi connectivity index (χ0v) is 15.6. The zero-order chi connectivity index (χ0) is 17.6. The lowest BCUT2D eigenvalue weighted by atomic mass is 9.81. The van der Waals surface area contributed by atoms with E-state index in [1.807, 2.05) is 32.2 Å². The van der Waals surface area contributed by atoms with Crippen molar-refractivity contribution in [1.82, 2.24) is 9.78 Å². The number of aromatic nitrogens is 2. The summed E-state index contributed by atoms with van der Waals surface area (Å²) in [5.41, 5.74) is 1.03. The van der Waals surface area contributed by atoms with Crippen LogP contribution in [0.2, 0.25) is 5.02 Å². The largest absolute Gasteiger partial charge is 0.324 e. The Labute approximate surface area is 153 Å². The van der Waals surface area contributed by atoms with E-state index in [-0.39, 0.29) is 5.91 Å². The Morgan fingerprint density at radius 1 is 1.38 bits per heavy atom. The first-order valence-electron chi connectivity index (χ1n) is 8.17. The molecule has 2 aromatic rings. The predicted molar refractivity (Wildman–Crippen MR) is 100 cm³/mol. The van der Waals surface area contributed by atoms with Crippen molar-refractivity contribution in [2.24, 2.45) is 5.41 Å². The molecule has 1 unspecified atom stereocenters. The van der Waals surface area contributed by atoms with Gasteiger partial charge in [-0.15, -0.1) is 11.6 Å². The number of hydrogen-bond acceptors (Lipinski definition) is 2. The molecule has 130 valence electrons. The molecule has 0 bridgehead atoms. The molecule has 0 aliphatic rings. The van der Waals surface area contributed by atoms with Crippen LogP contribution >= 0.6 is 23.2 Å². The number of carbonyl (C=O) groups excluding carboxylic acids is 1. The van der Waals surface area contributed by atoms with Crippen LogP contribution in [0.4, 0.5) is 5.69 Å². The smallest absolute Gasteiger partial charge is 0.230 e. The van der Waals surface area contributed by atoms with Crippen LogP contribution in [0.5, 0.6) is 0 Å². The Morgan fingerprint density at radius 2 is 2.17 bits per heavy atom. The number of unbranched alkanes of at least 4 members (excludes halogenated alkanes) is 1. The van der Waals surface area contributed by atoms with Crippen LogP contribution in [0.1, 0.15) is 39.5 Å². The predicted octanol–water partition coefficient (Wildman–Crippen LogP) is 5.29. The number of anilines is 1.